The van der Waals surface area contributed by atoms with E-state index in [9.17, 15) is 9.59 Å². The maximum atomic E-state index is 13.5. The quantitative estimate of drug-likeness (QED) is 0.566. The summed E-state index contributed by atoms with van der Waals surface area (Å²) in [5, 5.41) is 0.633. The van der Waals surface area contributed by atoms with Gasteiger partial charge in [-0.3, -0.25) is 9.36 Å². The number of hydrogen-bond acceptors (Lipinski definition) is 5. The fraction of sp³-hybridized carbons (Fsp3) is 0.208. The largest absolute Gasteiger partial charge is 0.466 e. The van der Waals surface area contributed by atoms with Crippen LogP contribution in [0.15, 0.2) is 69.6 Å². The van der Waals surface area contributed by atoms with Crippen molar-refractivity contribution in [3.8, 4) is 0 Å². The van der Waals surface area contributed by atoms with Gasteiger partial charge in [0.1, 0.15) is 0 Å². The van der Waals surface area contributed by atoms with Crippen molar-refractivity contribution in [3.05, 3.63) is 101 Å². The lowest BCUT2D eigenvalue weighted by molar-refractivity contribution is -0.136. The fourth-order valence-electron chi connectivity index (χ4n) is 3.76. The zero-order valence-electron chi connectivity index (χ0n) is 17.4. The van der Waals surface area contributed by atoms with Gasteiger partial charge in [0.15, 0.2) is 4.80 Å². The number of esters is 1. The maximum Gasteiger partial charge on any atom is 0.338 e. The zero-order chi connectivity index (χ0) is 22.1. The predicted molar refractivity (Wildman–Crippen MR) is 123 cm³/mol. The van der Waals surface area contributed by atoms with Crippen LogP contribution >= 0.6 is 22.9 Å². The van der Waals surface area contributed by atoms with Gasteiger partial charge >= 0.3 is 5.97 Å². The fourth-order valence-corrected chi connectivity index (χ4v) is 4.91. The summed E-state index contributed by atoms with van der Waals surface area (Å²) in [5.41, 5.74) is 3.58. The number of benzene rings is 2. The van der Waals surface area contributed by atoms with E-state index in [1.54, 1.807) is 16.7 Å². The van der Waals surface area contributed by atoms with Crippen LogP contribution in [0.3, 0.4) is 0 Å². The van der Waals surface area contributed by atoms with Gasteiger partial charge in [-0.25, -0.2) is 9.79 Å². The molecule has 3 aromatic rings. The predicted octanol–water partition coefficient (Wildman–Crippen LogP) is 3.76. The van der Waals surface area contributed by atoms with E-state index in [1.165, 1.54) is 18.4 Å². The molecule has 31 heavy (non-hydrogen) atoms. The molecule has 1 aromatic heterocycles. The Morgan fingerprint density at radius 2 is 1.94 bits per heavy atom. The van der Waals surface area contributed by atoms with E-state index in [0.29, 0.717) is 32.0 Å². The molecule has 0 bridgehead atoms. The molecule has 1 unspecified atom stereocenters. The molecule has 0 amide bonds. The first kappa shape index (κ1) is 21.3. The van der Waals surface area contributed by atoms with Crippen LogP contribution in [-0.4, -0.2) is 17.6 Å². The summed E-state index contributed by atoms with van der Waals surface area (Å²) >= 11 is 7.29. The van der Waals surface area contributed by atoms with Crippen molar-refractivity contribution in [1.82, 2.24) is 4.57 Å². The molecule has 0 radical (unpaired) electrons. The van der Waals surface area contributed by atoms with Crippen molar-refractivity contribution in [1.29, 1.82) is 0 Å². The molecule has 2 aromatic carbocycles. The molecule has 2 heterocycles. The molecule has 5 nitrogen and oxygen atoms in total. The van der Waals surface area contributed by atoms with Crippen molar-refractivity contribution >= 4 is 35.0 Å². The number of hydrogen-bond donors (Lipinski definition) is 0. The molecule has 1 aliphatic heterocycles. The standard InChI is InChI=1S/C24H21ClN2O3S/c1-4-18-20(23(29)30-3)21(17-8-6-5-7-14(17)2)27-22(28)19(31-24(27)26-18)13-15-9-11-16(25)12-10-15/h5-13,21H,4H2,1-3H3/b19-13-. The summed E-state index contributed by atoms with van der Waals surface area (Å²) in [5.74, 6) is -0.471. The van der Waals surface area contributed by atoms with E-state index in [1.807, 2.05) is 56.3 Å². The Hall–Kier alpha value is -2.96. The third-order valence-corrected chi connectivity index (χ3v) is 6.54. The highest BCUT2D eigenvalue weighted by molar-refractivity contribution is 7.07. The van der Waals surface area contributed by atoms with Crippen LogP contribution in [0, 0.1) is 6.92 Å². The maximum absolute atomic E-state index is 13.5. The Morgan fingerprint density at radius 3 is 2.58 bits per heavy atom. The van der Waals surface area contributed by atoms with Gasteiger partial charge in [0, 0.05) is 5.02 Å². The van der Waals surface area contributed by atoms with E-state index in [0.717, 1.165) is 16.7 Å². The molecule has 4 rings (SSSR count). The first-order valence-electron chi connectivity index (χ1n) is 9.88. The number of carbonyl (C=O) groups is 1. The second-order valence-corrected chi connectivity index (χ2v) is 8.64. The second-order valence-electron chi connectivity index (χ2n) is 7.20. The number of fused-ring (bicyclic) bond motifs is 1. The Labute approximate surface area is 188 Å². The van der Waals surface area contributed by atoms with Crippen molar-refractivity contribution in [2.24, 2.45) is 4.99 Å². The average molecular weight is 453 g/mol. The van der Waals surface area contributed by atoms with Crippen molar-refractivity contribution in [3.63, 3.8) is 0 Å². The zero-order valence-corrected chi connectivity index (χ0v) is 19.0. The summed E-state index contributed by atoms with van der Waals surface area (Å²) in [7, 11) is 1.35. The van der Waals surface area contributed by atoms with Crippen LogP contribution in [0.25, 0.3) is 6.08 Å². The lowest BCUT2D eigenvalue weighted by Gasteiger charge is -2.26. The molecular weight excluding hydrogens is 432 g/mol. The summed E-state index contributed by atoms with van der Waals surface area (Å²) < 4.78 is 7.25. The van der Waals surface area contributed by atoms with Gasteiger partial charge in [-0.1, -0.05) is 66.3 Å². The van der Waals surface area contributed by atoms with E-state index in [4.69, 9.17) is 16.3 Å². The minimum Gasteiger partial charge on any atom is -0.466 e. The Balaban J connectivity index is 2.02. The van der Waals surface area contributed by atoms with Crippen LogP contribution in [0.5, 0.6) is 0 Å². The van der Waals surface area contributed by atoms with Crippen molar-refractivity contribution in [2.75, 3.05) is 7.11 Å². The Morgan fingerprint density at radius 1 is 1.23 bits per heavy atom. The average Bonchev–Trinajstić information content (AvgIpc) is 3.09. The number of halogens is 1. The van der Waals surface area contributed by atoms with Gasteiger partial charge in [0.25, 0.3) is 5.56 Å². The van der Waals surface area contributed by atoms with Gasteiger partial charge in [-0.05, 0) is 48.2 Å². The highest BCUT2D eigenvalue weighted by atomic mass is 35.5. The molecule has 7 heteroatoms. The van der Waals surface area contributed by atoms with Crippen LogP contribution in [-0.2, 0) is 9.53 Å². The van der Waals surface area contributed by atoms with Gasteiger partial charge in [-0.2, -0.15) is 0 Å². The molecule has 0 saturated heterocycles. The number of thiazole rings is 1. The van der Waals surface area contributed by atoms with E-state index in [-0.39, 0.29) is 5.56 Å². The SMILES string of the molecule is CCC1=C(C(=O)OC)C(c2ccccc2C)n2c(s/c(=C\c3ccc(Cl)cc3)c2=O)=N1. The highest BCUT2D eigenvalue weighted by Gasteiger charge is 2.34. The van der Waals surface area contributed by atoms with Gasteiger partial charge in [-0.15, -0.1) is 0 Å². The summed E-state index contributed by atoms with van der Waals surface area (Å²) in [6, 6.07) is 14.5. The van der Waals surface area contributed by atoms with E-state index < -0.39 is 12.0 Å². The molecule has 0 spiro atoms. The number of carbonyl (C=O) groups excluding carboxylic acids is 1. The lowest BCUT2D eigenvalue weighted by Crippen LogP contribution is -2.40. The number of aromatic nitrogens is 1. The normalized spacial score (nSPS) is 16.1. The van der Waals surface area contributed by atoms with Gasteiger partial charge in [0.2, 0.25) is 0 Å². The van der Waals surface area contributed by atoms with Crippen LogP contribution in [0.2, 0.25) is 5.02 Å². The van der Waals surface area contributed by atoms with Crippen LogP contribution in [0.4, 0.5) is 0 Å². The molecule has 0 fully saturated rings. The molecule has 1 aliphatic rings. The third kappa shape index (κ3) is 3.89. The smallest absolute Gasteiger partial charge is 0.338 e. The topological polar surface area (TPSA) is 60.7 Å². The molecule has 0 aliphatic carbocycles. The van der Waals surface area contributed by atoms with E-state index in [2.05, 4.69) is 4.99 Å². The summed E-state index contributed by atoms with van der Waals surface area (Å²) in [6.07, 6.45) is 2.37. The third-order valence-electron chi connectivity index (χ3n) is 5.30. The number of nitrogens with zero attached hydrogens (tertiary/aromatic N) is 2. The van der Waals surface area contributed by atoms with Crippen molar-refractivity contribution in [2.45, 2.75) is 26.3 Å². The Bertz CT molecular complexity index is 1370. The first-order chi connectivity index (χ1) is 14.9. The first-order valence-corrected chi connectivity index (χ1v) is 11.1. The molecule has 1 atom stereocenters. The van der Waals surface area contributed by atoms with E-state index >= 15 is 0 Å². The number of aryl methyl sites for hydroxylation is 1. The number of methoxy groups -OCH3 is 1. The number of rotatable bonds is 4. The minimum absolute atomic E-state index is 0.191. The number of ether oxygens (including phenoxy) is 1. The lowest BCUT2D eigenvalue weighted by atomic mass is 9.92. The van der Waals surface area contributed by atoms with Gasteiger partial charge in [0.05, 0.1) is 29.0 Å². The minimum atomic E-state index is -0.591. The molecule has 158 valence electrons. The second kappa shape index (κ2) is 8.65. The van der Waals surface area contributed by atoms with Crippen LogP contribution < -0.4 is 14.9 Å². The Kier molecular flexibility index (Phi) is 5.94. The highest BCUT2D eigenvalue weighted by Crippen LogP contribution is 2.33. The summed E-state index contributed by atoms with van der Waals surface area (Å²) in [4.78, 5) is 31.6. The molecule has 0 N–H and O–H groups in total. The van der Waals surface area contributed by atoms with Crippen molar-refractivity contribution < 1.29 is 9.53 Å². The summed E-state index contributed by atoms with van der Waals surface area (Å²) in [6.45, 7) is 3.91. The number of allylic oxidation sites excluding steroid dienone is 1. The molecule has 0 saturated carbocycles. The molecular formula is C24H21ClN2O3S. The van der Waals surface area contributed by atoms with Gasteiger partial charge < -0.3 is 4.74 Å². The van der Waals surface area contributed by atoms with Crippen LogP contribution in [0.1, 0.15) is 36.1 Å². The monoisotopic (exact) mass is 452 g/mol.